The van der Waals surface area contributed by atoms with Gasteiger partial charge in [-0.1, -0.05) is 11.6 Å². The standard InChI is InChI=1S/C16H9BrClF3N2O/c17-9-7-23(12-2-1-3-22-16(12)18)13(6-14(9)24)15-10(20)4-8(19)5-11(15)21/h1-5,7,13H,6H2. The molecule has 1 aliphatic heterocycles. The van der Waals surface area contributed by atoms with Crippen molar-refractivity contribution in [3.05, 3.63) is 69.3 Å². The number of aromatic nitrogens is 1. The van der Waals surface area contributed by atoms with Crippen molar-refractivity contribution in [2.75, 3.05) is 4.90 Å². The molecule has 3 nitrogen and oxygen atoms in total. The van der Waals surface area contributed by atoms with Crippen LogP contribution in [0.3, 0.4) is 0 Å². The number of allylic oxidation sites excluding steroid dienone is 1. The number of hydrogen-bond donors (Lipinski definition) is 0. The Hall–Kier alpha value is -1.86. The molecule has 1 unspecified atom stereocenters. The zero-order valence-corrected chi connectivity index (χ0v) is 14.3. The number of nitrogens with zero attached hydrogens (tertiary/aromatic N) is 2. The van der Waals surface area contributed by atoms with Crippen LogP contribution in [0.25, 0.3) is 0 Å². The second kappa shape index (κ2) is 6.57. The van der Waals surface area contributed by atoms with Gasteiger partial charge in [0.2, 0.25) is 0 Å². The molecule has 0 amide bonds. The molecule has 0 bridgehead atoms. The Morgan fingerprint density at radius 2 is 1.92 bits per heavy atom. The molecule has 1 atom stereocenters. The van der Waals surface area contributed by atoms with Crippen molar-refractivity contribution in [3.8, 4) is 0 Å². The summed E-state index contributed by atoms with van der Waals surface area (Å²) in [5.41, 5.74) is -0.0299. The van der Waals surface area contributed by atoms with E-state index in [1.165, 1.54) is 17.3 Å². The Kier molecular flexibility index (Phi) is 4.64. The highest BCUT2D eigenvalue weighted by atomic mass is 79.9. The maximum Gasteiger partial charge on any atom is 0.173 e. The van der Waals surface area contributed by atoms with Gasteiger partial charge in [-0.05, 0) is 28.1 Å². The van der Waals surface area contributed by atoms with Gasteiger partial charge in [-0.15, -0.1) is 0 Å². The molecule has 3 rings (SSSR count). The van der Waals surface area contributed by atoms with Crippen LogP contribution in [0, 0.1) is 17.5 Å². The van der Waals surface area contributed by atoms with Crippen molar-refractivity contribution in [2.24, 2.45) is 0 Å². The van der Waals surface area contributed by atoms with Gasteiger partial charge in [0.25, 0.3) is 0 Å². The van der Waals surface area contributed by atoms with Gasteiger partial charge < -0.3 is 4.90 Å². The maximum atomic E-state index is 14.2. The zero-order valence-electron chi connectivity index (χ0n) is 11.9. The van der Waals surface area contributed by atoms with Crippen LogP contribution in [0.2, 0.25) is 5.15 Å². The quantitative estimate of drug-likeness (QED) is 0.651. The summed E-state index contributed by atoms with van der Waals surface area (Å²) in [7, 11) is 0. The van der Waals surface area contributed by atoms with Crippen LogP contribution in [-0.4, -0.2) is 10.8 Å². The monoisotopic (exact) mass is 416 g/mol. The van der Waals surface area contributed by atoms with Crippen molar-refractivity contribution in [1.82, 2.24) is 4.98 Å². The third-order valence-electron chi connectivity index (χ3n) is 3.63. The lowest BCUT2D eigenvalue weighted by atomic mass is 9.95. The molecule has 2 aromatic rings. The van der Waals surface area contributed by atoms with E-state index >= 15 is 0 Å². The van der Waals surface area contributed by atoms with E-state index in [4.69, 9.17) is 11.6 Å². The van der Waals surface area contributed by atoms with E-state index < -0.39 is 29.1 Å². The summed E-state index contributed by atoms with van der Waals surface area (Å²) in [6.07, 6.45) is 2.65. The van der Waals surface area contributed by atoms with Crippen LogP contribution in [0.15, 0.2) is 41.1 Å². The molecule has 0 saturated heterocycles. The predicted octanol–water partition coefficient (Wildman–Crippen LogP) is 4.91. The van der Waals surface area contributed by atoms with E-state index in [-0.39, 0.29) is 21.8 Å². The van der Waals surface area contributed by atoms with Crippen LogP contribution in [0.4, 0.5) is 18.9 Å². The first kappa shape index (κ1) is 17.0. The topological polar surface area (TPSA) is 33.2 Å². The van der Waals surface area contributed by atoms with Gasteiger partial charge in [-0.25, -0.2) is 18.2 Å². The molecule has 0 aliphatic carbocycles. The largest absolute Gasteiger partial charge is 0.336 e. The van der Waals surface area contributed by atoms with E-state index in [0.29, 0.717) is 17.8 Å². The van der Waals surface area contributed by atoms with E-state index in [0.717, 1.165) is 0 Å². The van der Waals surface area contributed by atoms with E-state index in [1.807, 2.05) is 0 Å². The van der Waals surface area contributed by atoms with Gasteiger partial charge in [0, 0.05) is 36.5 Å². The van der Waals surface area contributed by atoms with E-state index in [1.54, 1.807) is 12.1 Å². The maximum absolute atomic E-state index is 14.2. The van der Waals surface area contributed by atoms with Gasteiger partial charge >= 0.3 is 0 Å². The fourth-order valence-corrected chi connectivity index (χ4v) is 3.18. The normalized spacial score (nSPS) is 17.9. The van der Waals surface area contributed by atoms with Crippen molar-refractivity contribution < 1.29 is 18.0 Å². The molecule has 124 valence electrons. The summed E-state index contributed by atoms with van der Waals surface area (Å²) in [5, 5.41) is 0.108. The number of pyridine rings is 1. The lowest BCUT2D eigenvalue weighted by Gasteiger charge is -2.34. The number of hydrogen-bond acceptors (Lipinski definition) is 3. The fourth-order valence-electron chi connectivity index (χ4n) is 2.58. The van der Waals surface area contributed by atoms with Crippen molar-refractivity contribution in [3.63, 3.8) is 0 Å². The first-order valence-corrected chi connectivity index (χ1v) is 7.99. The number of carbonyl (C=O) groups is 1. The van der Waals surface area contributed by atoms with Gasteiger partial charge in [-0.2, -0.15) is 0 Å². The smallest absolute Gasteiger partial charge is 0.173 e. The Balaban J connectivity index is 2.18. The fraction of sp³-hybridized carbons (Fsp3) is 0.125. The van der Waals surface area contributed by atoms with Crippen LogP contribution < -0.4 is 4.90 Å². The first-order chi connectivity index (χ1) is 11.4. The summed E-state index contributed by atoms with van der Waals surface area (Å²) in [6.45, 7) is 0. The average Bonchev–Trinajstić information content (AvgIpc) is 2.50. The lowest BCUT2D eigenvalue weighted by molar-refractivity contribution is -0.115. The molecular weight excluding hydrogens is 409 g/mol. The highest BCUT2D eigenvalue weighted by molar-refractivity contribution is 9.12. The number of Topliss-reactive ketones (excluding diaryl/α,β-unsaturated/α-hetero) is 1. The van der Waals surface area contributed by atoms with Crippen molar-refractivity contribution in [2.45, 2.75) is 12.5 Å². The summed E-state index contributed by atoms with van der Waals surface area (Å²) >= 11 is 9.19. The van der Waals surface area contributed by atoms with Gasteiger partial charge in [-0.3, -0.25) is 4.79 Å². The number of halogens is 5. The zero-order chi connectivity index (χ0) is 17.4. The SMILES string of the molecule is O=C1CC(c2c(F)cc(F)cc2F)N(c2cccnc2Cl)C=C1Br. The molecule has 24 heavy (non-hydrogen) atoms. The summed E-state index contributed by atoms with van der Waals surface area (Å²) in [4.78, 5) is 17.4. The minimum atomic E-state index is -1.07. The molecule has 1 aromatic carbocycles. The average molecular weight is 418 g/mol. The summed E-state index contributed by atoms with van der Waals surface area (Å²) in [6, 6.07) is 3.36. The first-order valence-electron chi connectivity index (χ1n) is 6.82. The number of anilines is 1. The summed E-state index contributed by atoms with van der Waals surface area (Å²) < 4.78 is 41.8. The molecule has 0 fully saturated rings. The molecule has 2 heterocycles. The third-order valence-corrected chi connectivity index (χ3v) is 4.57. The Morgan fingerprint density at radius 1 is 1.25 bits per heavy atom. The Morgan fingerprint density at radius 3 is 2.54 bits per heavy atom. The van der Waals surface area contributed by atoms with Gasteiger partial charge in [0.05, 0.1) is 16.2 Å². The van der Waals surface area contributed by atoms with Crippen LogP contribution >= 0.6 is 27.5 Å². The highest BCUT2D eigenvalue weighted by Crippen LogP contribution is 2.40. The predicted molar refractivity (Wildman–Crippen MR) is 87.4 cm³/mol. The number of benzene rings is 1. The van der Waals surface area contributed by atoms with Crippen molar-refractivity contribution >= 4 is 39.0 Å². The lowest BCUT2D eigenvalue weighted by Crippen LogP contribution is -2.32. The van der Waals surface area contributed by atoms with Crippen LogP contribution in [-0.2, 0) is 4.79 Å². The summed E-state index contributed by atoms with van der Waals surface area (Å²) in [5.74, 6) is -3.50. The number of ketones is 1. The molecule has 1 aliphatic rings. The molecule has 0 radical (unpaired) electrons. The Bertz CT molecular complexity index is 836. The number of rotatable bonds is 2. The minimum Gasteiger partial charge on any atom is -0.336 e. The molecule has 0 saturated carbocycles. The number of carbonyl (C=O) groups excluding carboxylic acids is 1. The molecule has 0 spiro atoms. The Labute approximate surface area is 148 Å². The molecule has 1 aromatic heterocycles. The van der Waals surface area contributed by atoms with Crippen LogP contribution in [0.5, 0.6) is 0 Å². The second-order valence-corrected chi connectivity index (χ2v) is 6.34. The molecular formula is C16H9BrClF3N2O. The third kappa shape index (κ3) is 3.06. The minimum absolute atomic E-state index is 0.108. The molecule has 8 heteroatoms. The van der Waals surface area contributed by atoms with Crippen LogP contribution in [0.1, 0.15) is 18.0 Å². The van der Waals surface area contributed by atoms with E-state index in [9.17, 15) is 18.0 Å². The van der Waals surface area contributed by atoms with Gasteiger partial charge in [0.15, 0.2) is 10.9 Å². The second-order valence-electron chi connectivity index (χ2n) is 5.12. The van der Waals surface area contributed by atoms with E-state index in [2.05, 4.69) is 20.9 Å². The van der Waals surface area contributed by atoms with Gasteiger partial charge in [0.1, 0.15) is 17.5 Å². The highest BCUT2D eigenvalue weighted by Gasteiger charge is 2.34. The molecule has 0 N–H and O–H groups in total. The van der Waals surface area contributed by atoms with Crippen molar-refractivity contribution in [1.29, 1.82) is 0 Å².